The maximum atomic E-state index is 12.6. The molecular formula is C20H30N6O3. The van der Waals surface area contributed by atoms with E-state index in [1.807, 2.05) is 33.8 Å². The largest absolute Gasteiger partial charge is 0.446 e. The smallest absolute Gasteiger partial charge is 0.407 e. The molecule has 0 radical (unpaired) electrons. The number of rotatable bonds is 6. The first-order chi connectivity index (χ1) is 13.7. The maximum Gasteiger partial charge on any atom is 0.407 e. The Hall–Kier alpha value is -2.84. The van der Waals surface area contributed by atoms with Gasteiger partial charge in [-0.2, -0.15) is 10.2 Å². The highest BCUT2D eigenvalue weighted by atomic mass is 16.6. The molecule has 3 rings (SSSR count). The van der Waals surface area contributed by atoms with Crippen molar-refractivity contribution >= 4 is 17.8 Å². The number of ether oxygens (including phenoxy) is 1. The van der Waals surface area contributed by atoms with Crippen molar-refractivity contribution in [2.45, 2.75) is 70.9 Å². The molecule has 9 heteroatoms. The van der Waals surface area contributed by atoms with Crippen molar-refractivity contribution in [3.05, 3.63) is 29.2 Å². The summed E-state index contributed by atoms with van der Waals surface area (Å²) in [7, 11) is 1.75. The van der Waals surface area contributed by atoms with E-state index < -0.39 is 0 Å². The number of hydrogen-bond donors (Lipinski definition) is 3. The fraction of sp³-hybridized carbons (Fsp3) is 0.600. The number of aryl methyl sites for hydroxylation is 1. The van der Waals surface area contributed by atoms with Crippen molar-refractivity contribution in [3.8, 4) is 0 Å². The molecule has 1 aliphatic carbocycles. The van der Waals surface area contributed by atoms with Crippen LogP contribution in [0.3, 0.4) is 0 Å². The Morgan fingerprint density at radius 3 is 2.66 bits per heavy atom. The van der Waals surface area contributed by atoms with Gasteiger partial charge in [0.15, 0.2) is 5.82 Å². The normalized spacial score (nSPS) is 19.0. The molecule has 0 unspecified atom stereocenters. The van der Waals surface area contributed by atoms with Gasteiger partial charge in [0.1, 0.15) is 11.8 Å². The van der Waals surface area contributed by atoms with E-state index >= 15 is 0 Å². The zero-order valence-corrected chi connectivity index (χ0v) is 17.7. The van der Waals surface area contributed by atoms with Crippen molar-refractivity contribution in [1.82, 2.24) is 25.3 Å². The van der Waals surface area contributed by atoms with Gasteiger partial charge in [-0.1, -0.05) is 13.8 Å². The summed E-state index contributed by atoms with van der Waals surface area (Å²) in [6, 6.07) is 3.70. The Balaban J connectivity index is 1.57. The number of carbonyl (C=O) groups is 2. The molecule has 0 bridgehead atoms. The maximum absolute atomic E-state index is 12.6. The fourth-order valence-electron chi connectivity index (χ4n) is 3.52. The molecule has 2 amide bonds. The number of alkyl carbamates (subject to hydrolysis) is 1. The summed E-state index contributed by atoms with van der Waals surface area (Å²) >= 11 is 0. The predicted molar refractivity (Wildman–Crippen MR) is 109 cm³/mol. The second-order valence-corrected chi connectivity index (χ2v) is 8.23. The molecule has 2 aromatic rings. The number of nitrogens with zero attached hydrogens (tertiary/aromatic N) is 3. The SMILES string of the molecule is CC(C)NC(=O)O[C@H]1CC[C@@H](c2cc(NC(=O)c3cc(C(C)C)nn3C)n[nH]2)C1. The van der Waals surface area contributed by atoms with Crippen molar-refractivity contribution in [1.29, 1.82) is 0 Å². The zero-order valence-electron chi connectivity index (χ0n) is 17.7. The molecule has 2 heterocycles. The number of H-pyrrole nitrogens is 1. The zero-order chi connectivity index (χ0) is 21.1. The van der Waals surface area contributed by atoms with Gasteiger partial charge in [0.25, 0.3) is 5.91 Å². The number of carbonyl (C=O) groups excluding carboxylic acids is 2. The summed E-state index contributed by atoms with van der Waals surface area (Å²) in [6.07, 6.45) is 1.96. The molecule has 1 fully saturated rings. The highest BCUT2D eigenvalue weighted by Gasteiger charge is 2.30. The summed E-state index contributed by atoms with van der Waals surface area (Å²) in [6.45, 7) is 7.87. The lowest BCUT2D eigenvalue weighted by atomic mass is 10.0. The quantitative estimate of drug-likeness (QED) is 0.686. The molecule has 158 valence electrons. The average Bonchev–Trinajstić information content (AvgIpc) is 3.33. The molecule has 0 aliphatic heterocycles. The minimum Gasteiger partial charge on any atom is -0.446 e. The van der Waals surface area contributed by atoms with Crippen LogP contribution in [-0.4, -0.2) is 44.1 Å². The molecule has 2 aromatic heterocycles. The summed E-state index contributed by atoms with van der Waals surface area (Å²) in [5.74, 6) is 0.691. The molecule has 1 aliphatic rings. The van der Waals surface area contributed by atoms with E-state index in [0.717, 1.165) is 30.7 Å². The molecule has 3 N–H and O–H groups in total. The molecular weight excluding hydrogens is 372 g/mol. The second kappa shape index (κ2) is 8.67. The number of aromatic amines is 1. The van der Waals surface area contributed by atoms with Crippen LogP contribution in [0.15, 0.2) is 12.1 Å². The molecule has 0 spiro atoms. The van der Waals surface area contributed by atoms with Gasteiger partial charge in [0.2, 0.25) is 0 Å². The monoisotopic (exact) mass is 402 g/mol. The van der Waals surface area contributed by atoms with Gasteiger partial charge in [0.05, 0.1) is 5.69 Å². The lowest BCUT2D eigenvalue weighted by molar-refractivity contribution is 0.0979. The van der Waals surface area contributed by atoms with E-state index in [2.05, 4.69) is 25.9 Å². The lowest BCUT2D eigenvalue weighted by Crippen LogP contribution is -2.33. The summed E-state index contributed by atoms with van der Waals surface area (Å²) in [4.78, 5) is 24.3. The third-order valence-electron chi connectivity index (χ3n) is 5.07. The molecule has 29 heavy (non-hydrogen) atoms. The van der Waals surface area contributed by atoms with Crippen molar-refractivity contribution in [3.63, 3.8) is 0 Å². The Morgan fingerprint density at radius 2 is 2.00 bits per heavy atom. The number of anilines is 1. The van der Waals surface area contributed by atoms with E-state index in [1.165, 1.54) is 0 Å². The molecule has 1 saturated carbocycles. The highest BCUT2D eigenvalue weighted by molar-refractivity contribution is 6.02. The van der Waals surface area contributed by atoms with Crippen LogP contribution >= 0.6 is 0 Å². The minimum atomic E-state index is -0.375. The van der Waals surface area contributed by atoms with Gasteiger partial charge in [-0.15, -0.1) is 0 Å². The number of hydrogen-bond acceptors (Lipinski definition) is 5. The van der Waals surface area contributed by atoms with Gasteiger partial charge in [0, 0.05) is 30.8 Å². The van der Waals surface area contributed by atoms with Crippen LogP contribution in [0.4, 0.5) is 10.6 Å². The number of aromatic nitrogens is 4. The molecule has 0 aromatic carbocycles. The van der Waals surface area contributed by atoms with Crippen LogP contribution in [0.2, 0.25) is 0 Å². The molecule has 0 saturated heterocycles. The van der Waals surface area contributed by atoms with Crippen LogP contribution in [-0.2, 0) is 11.8 Å². The van der Waals surface area contributed by atoms with Crippen LogP contribution in [0.25, 0.3) is 0 Å². The first kappa shape index (κ1) is 20.9. The predicted octanol–water partition coefficient (Wildman–Crippen LogP) is 3.29. The van der Waals surface area contributed by atoms with Gasteiger partial charge >= 0.3 is 6.09 Å². The van der Waals surface area contributed by atoms with Crippen LogP contribution in [0.1, 0.15) is 80.7 Å². The Bertz CT molecular complexity index is 869. The van der Waals surface area contributed by atoms with E-state index in [1.54, 1.807) is 17.8 Å². The van der Waals surface area contributed by atoms with Crippen molar-refractivity contribution in [2.24, 2.45) is 7.05 Å². The summed E-state index contributed by atoms with van der Waals surface area (Å²) < 4.78 is 7.06. The Labute approximate surface area is 170 Å². The van der Waals surface area contributed by atoms with E-state index in [0.29, 0.717) is 11.5 Å². The van der Waals surface area contributed by atoms with Crippen LogP contribution in [0.5, 0.6) is 0 Å². The van der Waals surface area contributed by atoms with Crippen LogP contribution in [0, 0.1) is 0 Å². The lowest BCUT2D eigenvalue weighted by Gasteiger charge is -2.14. The van der Waals surface area contributed by atoms with Crippen LogP contribution < -0.4 is 10.6 Å². The average molecular weight is 402 g/mol. The summed E-state index contributed by atoms with van der Waals surface area (Å²) in [5.41, 5.74) is 2.30. The third kappa shape index (κ3) is 5.16. The number of amides is 2. The van der Waals surface area contributed by atoms with Crippen molar-refractivity contribution < 1.29 is 14.3 Å². The Morgan fingerprint density at radius 1 is 1.24 bits per heavy atom. The van der Waals surface area contributed by atoms with Gasteiger partial charge in [-0.25, -0.2) is 4.79 Å². The second-order valence-electron chi connectivity index (χ2n) is 8.23. The highest BCUT2D eigenvalue weighted by Crippen LogP contribution is 2.35. The van der Waals surface area contributed by atoms with Gasteiger partial charge < -0.3 is 15.4 Å². The minimum absolute atomic E-state index is 0.0505. The molecule has 2 atom stereocenters. The fourth-order valence-corrected chi connectivity index (χ4v) is 3.52. The first-order valence-electron chi connectivity index (χ1n) is 10.1. The standard InChI is InChI=1S/C20H30N6O3/c1-11(2)15-9-17(26(5)25-15)19(27)22-18-10-16(23-24-18)13-6-7-14(8-13)29-20(28)21-12(3)4/h9-14H,6-8H2,1-5H3,(H,21,28)(H2,22,23,24,27)/t13-,14+/m1/s1. The number of nitrogens with one attached hydrogen (secondary N) is 3. The first-order valence-corrected chi connectivity index (χ1v) is 10.1. The third-order valence-corrected chi connectivity index (χ3v) is 5.07. The topological polar surface area (TPSA) is 114 Å². The Kier molecular flexibility index (Phi) is 6.24. The van der Waals surface area contributed by atoms with E-state index in [-0.39, 0.29) is 36.0 Å². The van der Waals surface area contributed by atoms with Crippen molar-refractivity contribution in [2.75, 3.05) is 5.32 Å². The summed E-state index contributed by atoms with van der Waals surface area (Å²) in [5, 5.41) is 17.2. The molecule has 9 nitrogen and oxygen atoms in total. The van der Waals surface area contributed by atoms with E-state index in [4.69, 9.17) is 4.74 Å². The van der Waals surface area contributed by atoms with Gasteiger partial charge in [-0.3, -0.25) is 14.6 Å². The van der Waals surface area contributed by atoms with Gasteiger partial charge in [-0.05, 0) is 45.1 Å². The van der Waals surface area contributed by atoms with E-state index in [9.17, 15) is 9.59 Å².